The van der Waals surface area contributed by atoms with E-state index in [4.69, 9.17) is 11.6 Å². The number of thioether (sulfide) groups is 2. The maximum atomic E-state index is 6.79. The molecule has 0 N–H and O–H groups in total. The first-order valence-corrected chi connectivity index (χ1v) is 9.57. The number of benzene rings is 2. The molecule has 1 saturated heterocycles. The predicted molar refractivity (Wildman–Crippen MR) is 98.9 cm³/mol. The van der Waals surface area contributed by atoms with Gasteiger partial charge in [-0.3, -0.25) is 0 Å². The Balaban J connectivity index is 2.07. The lowest BCUT2D eigenvalue weighted by atomic mass is 10.0. The van der Waals surface area contributed by atoms with Crippen molar-refractivity contribution in [3.8, 4) is 0 Å². The Morgan fingerprint density at radius 1 is 0.810 bits per heavy atom. The van der Waals surface area contributed by atoms with Crippen molar-refractivity contribution in [1.82, 2.24) is 0 Å². The molecule has 0 unspecified atom stereocenters. The van der Waals surface area contributed by atoms with Gasteiger partial charge in [-0.05, 0) is 29.1 Å². The van der Waals surface area contributed by atoms with Crippen LogP contribution in [0, 0.1) is 0 Å². The van der Waals surface area contributed by atoms with E-state index in [0.717, 1.165) is 10.6 Å². The molecule has 1 aliphatic rings. The lowest BCUT2D eigenvalue weighted by Crippen LogP contribution is -2.10. The third kappa shape index (κ3) is 3.68. The predicted octanol–water partition coefficient (Wildman–Crippen LogP) is 5.99. The number of hydrogen-bond donors (Lipinski definition) is 0. The molecule has 0 aliphatic carbocycles. The molecule has 0 aromatic heterocycles. The van der Waals surface area contributed by atoms with Crippen molar-refractivity contribution >= 4 is 45.7 Å². The fourth-order valence-electron chi connectivity index (χ4n) is 2.38. The topological polar surface area (TPSA) is 0 Å². The monoisotopic (exact) mass is 332 g/mol. The fourth-order valence-corrected chi connectivity index (χ4v) is 5.89. The van der Waals surface area contributed by atoms with E-state index in [1.54, 1.807) is 0 Å². The van der Waals surface area contributed by atoms with Crippen LogP contribution in [0.25, 0.3) is 10.6 Å². The van der Waals surface area contributed by atoms with E-state index in [1.807, 2.05) is 41.7 Å². The molecule has 0 radical (unpaired) electrons. The lowest BCUT2D eigenvalue weighted by molar-refractivity contribution is 1.11. The molecular formula is C18H17ClS2. The van der Waals surface area contributed by atoms with Crippen molar-refractivity contribution in [3.05, 3.63) is 71.8 Å². The van der Waals surface area contributed by atoms with Crippen LogP contribution < -0.4 is 0 Å². The SMILES string of the molecule is ClC(=C(c1ccccc1)C1SCCCS1)c1ccccc1. The molecular weight excluding hydrogens is 316 g/mol. The fraction of sp³-hybridized carbons (Fsp3) is 0.222. The molecule has 0 saturated carbocycles. The average molecular weight is 333 g/mol. The molecule has 108 valence electrons. The Morgan fingerprint density at radius 2 is 1.33 bits per heavy atom. The first-order chi connectivity index (χ1) is 10.4. The van der Waals surface area contributed by atoms with E-state index >= 15 is 0 Å². The smallest absolute Gasteiger partial charge is 0.0771 e. The normalized spacial score (nSPS) is 17.4. The van der Waals surface area contributed by atoms with Gasteiger partial charge in [-0.15, -0.1) is 23.5 Å². The summed E-state index contributed by atoms with van der Waals surface area (Å²) in [5.41, 5.74) is 3.60. The lowest BCUT2D eigenvalue weighted by Gasteiger charge is -2.25. The maximum absolute atomic E-state index is 6.79. The van der Waals surface area contributed by atoms with Crippen molar-refractivity contribution in [1.29, 1.82) is 0 Å². The molecule has 0 nitrogen and oxygen atoms in total. The van der Waals surface area contributed by atoms with Gasteiger partial charge >= 0.3 is 0 Å². The zero-order chi connectivity index (χ0) is 14.5. The van der Waals surface area contributed by atoms with Crippen molar-refractivity contribution in [2.45, 2.75) is 11.0 Å². The summed E-state index contributed by atoms with van der Waals surface area (Å²) < 4.78 is 0.425. The number of halogens is 1. The molecule has 1 heterocycles. The van der Waals surface area contributed by atoms with Crippen LogP contribution in [0.1, 0.15) is 17.5 Å². The summed E-state index contributed by atoms with van der Waals surface area (Å²) in [6.45, 7) is 0. The highest BCUT2D eigenvalue weighted by molar-refractivity contribution is 8.18. The summed E-state index contributed by atoms with van der Waals surface area (Å²) in [5.74, 6) is 2.43. The van der Waals surface area contributed by atoms with Gasteiger partial charge in [0.2, 0.25) is 0 Å². The van der Waals surface area contributed by atoms with Gasteiger partial charge in [-0.2, -0.15) is 0 Å². The highest BCUT2D eigenvalue weighted by Crippen LogP contribution is 2.44. The molecule has 0 spiro atoms. The molecule has 2 aromatic rings. The standard InChI is InChI=1S/C18H17ClS2/c19-17(15-10-5-2-6-11-15)16(14-8-3-1-4-9-14)18-20-12-7-13-21-18/h1-6,8-11,18H,7,12-13H2. The third-order valence-electron chi connectivity index (χ3n) is 3.41. The molecule has 2 aromatic carbocycles. The van der Waals surface area contributed by atoms with E-state index in [1.165, 1.54) is 29.1 Å². The van der Waals surface area contributed by atoms with Crippen molar-refractivity contribution < 1.29 is 0 Å². The van der Waals surface area contributed by atoms with Gasteiger partial charge in [0.1, 0.15) is 0 Å². The molecule has 1 aliphatic heterocycles. The zero-order valence-electron chi connectivity index (χ0n) is 11.7. The first-order valence-electron chi connectivity index (χ1n) is 7.10. The van der Waals surface area contributed by atoms with E-state index in [9.17, 15) is 0 Å². The molecule has 0 bridgehead atoms. The Labute approximate surface area is 140 Å². The Kier molecular flexibility index (Phi) is 5.34. The highest BCUT2D eigenvalue weighted by atomic mass is 35.5. The third-order valence-corrected chi connectivity index (χ3v) is 6.78. The molecule has 1 fully saturated rings. The molecule has 0 amide bonds. The van der Waals surface area contributed by atoms with Crippen molar-refractivity contribution in [2.24, 2.45) is 0 Å². The van der Waals surface area contributed by atoms with Crippen LogP contribution in [-0.4, -0.2) is 16.1 Å². The highest BCUT2D eigenvalue weighted by Gasteiger charge is 2.23. The van der Waals surface area contributed by atoms with Crippen LogP contribution in [0.15, 0.2) is 60.7 Å². The quantitative estimate of drug-likeness (QED) is 0.633. The minimum absolute atomic E-state index is 0.425. The van der Waals surface area contributed by atoms with E-state index in [0.29, 0.717) is 4.58 Å². The largest absolute Gasteiger partial charge is 0.143 e. The van der Waals surface area contributed by atoms with Gasteiger partial charge in [-0.1, -0.05) is 72.3 Å². The molecule has 0 atom stereocenters. The van der Waals surface area contributed by atoms with Crippen LogP contribution in [0.3, 0.4) is 0 Å². The average Bonchev–Trinajstić information content (AvgIpc) is 2.58. The minimum Gasteiger partial charge on any atom is -0.143 e. The van der Waals surface area contributed by atoms with Crippen LogP contribution in [0.4, 0.5) is 0 Å². The van der Waals surface area contributed by atoms with Gasteiger partial charge in [0, 0.05) is 5.57 Å². The van der Waals surface area contributed by atoms with Crippen LogP contribution in [-0.2, 0) is 0 Å². The van der Waals surface area contributed by atoms with E-state index in [-0.39, 0.29) is 0 Å². The van der Waals surface area contributed by atoms with Crippen LogP contribution in [0.5, 0.6) is 0 Å². The van der Waals surface area contributed by atoms with Crippen LogP contribution >= 0.6 is 35.1 Å². The van der Waals surface area contributed by atoms with E-state index < -0.39 is 0 Å². The summed E-state index contributed by atoms with van der Waals surface area (Å²) in [6.07, 6.45) is 1.29. The van der Waals surface area contributed by atoms with Gasteiger partial charge in [-0.25, -0.2) is 0 Å². The molecule has 3 rings (SSSR count). The number of rotatable bonds is 3. The molecule has 3 heteroatoms. The van der Waals surface area contributed by atoms with E-state index in [2.05, 4.69) is 42.5 Å². The summed E-state index contributed by atoms with van der Waals surface area (Å²) in [7, 11) is 0. The summed E-state index contributed by atoms with van der Waals surface area (Å²) in [6, 6.07) is 20.8. The number of hydrogen-bond acceptors (Lipinski definition) is 2. The first kappa shape index (κ1) is 15.1. The maximum Gasteiger partial charge on any atom is 0.0771 e. The van der Waals surface area contributed by atoms with Gasteiger partial charge < -0.3 is 0 Å². The zero-order valence-corrected chi connectivity index (χ0v) is 14.1. The summed E-state index contributed by atoms with van der Waals surface area (Å²) in [4.78, 5) is 0. The second kappa shape index (κ2) is 7.44. The Hall–Kier alpha value is -0.830. The van der Waals surface area contributed by atoms with Crippen molar-refractivity contribution in [3.63, 3.8) is 0 Å². The Morgan fingerprint density at radius 3 is 1.90 bits per heavy atom. The van der Waals surface area contributed by atoms with Crippen molar-refractivity contribution in [2.75, 3.05) is 11.5 Å². The minimum atomic E-state index is 0.425. The van der Waals surface area contributed by atoms with Gasteiger partial charge in [0.25, 0.3) is 0 Å². The van der Waals surface area contributed by atoms with Crippen LogP contribution in [0.2, 0.25) is 0 Å². The molecule has 21 heavy (non-hydrogen) atoms. The van der Waals surface area contributed by atoms with Gasteiger partial charge in [0.05, 0.1) is 9.61 Å². The second-order valence-electron chi connectivity index (χ2n) is 4.89. The summed E-state index contributed by atoms with van der Waals surface area (Å²) in [5, 5.41) is 0.883. The Bertz CT molecular complexity index is 602. The second-order valence-corrected chi connectivity index (χ2v) is 7.99. The van der Waals surface area contributed by atoms with Gasteiger partial charge in [0.15, 0.2) is 0 Å². The summed E-state index contributed by atoms with van der Waals surface area (Å²) >= 11 is 10.8.